The molecule has 0 amide bonds. The third-order valence-electron chi connectivity index (χ3n) is 1.93. The first-order chi connectivity index (χ1) is 6.83. The van der Waals surface area contributed by atoms with Gasteiger partial charge in [-0.1, -0.05) is 17.8 Å². The summed E-state index contributed by atoms with van der Waals surface area (Å²) in [7, 11) is 0. The van der Waals surface area contributed by atoms with Gasteiger partial charge in [0, 0.05) is 6.42 Å². The summed E-state index contributed by atoms with van der Waals surface area (Å²) < 4.78 is 2.26. The number of rotatable bonds is 3. The summed E-state index contributed by atoms with van der Waals surface area (Å²) in [6, 6.07) is 6.00. The predicted octanol–water partition coefficient (Wildman–Crippen LogP) is 2.76. The fourth-order valence-electron chi connectivity index (χ4n) is 1.26. The zero-order valence-corrected chi connectivity index (χ0v) is 9.32. The van der Waals surface area contributed by atoms with Gasteiger partial charge < -0.3 is 4.79 Å². The molecule has 2 aromatic rings. The number of thiazole rings is 1. The molecule has 4 heteroatoms. The van der Waals surface area contributed by atoms with Gasteiger partial charge in [0.2, 0.25) is 0 Å². The van der Waals surface area contributed by atoms with Crippen LogP contribution >= 0.6 is 23.1 Å². The van der Waals surface area contributed by atoms with Crippen LogP contribution in [0, 0.1) is 0 Å². The van der Waals surface area contributed by atoms with E-state index in [0.717, 1.165) is 21.7 Å². The summed E-state index contributed by atoms with van der Waals surface area (Å²) in [5.74, 6) is 0. The Morgan fingerprint density at radius 1 is 1.57 bits per heavy atom. The number of carbonyl (C=O) groups excluding carboxylic acids is 1. The van der Waals surface area contributed by atoms with Gasteiger partial charge in [0.05, 0.1) is 10.2 Å². The third kappa shape index (κ3) is 1.81. The molecule has 1 aromatic carbocycles. The lowest BCUT2D eigenvalue weighted by atomic mass is 10.1. The molecule has 2 nitrogen and oxygen atoms in total. The van der Waals surface area contributed by atoms with Gasteiger partial charge in [-0.05, 0) is 24.0 Å². The molecule has 0 fully saturated rings. The molecule has 0 spiro atoms. The Balaban J connectivity index is 2.48. The fourth-order valence-corrected chi connectivity index (χ4v) is 2.73. The molecule has 0 aliphatic carbocycles. The van der Waals surface area contributed by atoms with E-state index in [1.807, 2.05) is 24.5 Å². The van der Waals surface area contributed by atoms with E-state index in [9.17, 15) is 4.79 Å². The number of nitrogens with zero attached hydrogens (tertiary/aromatic N) is 1. The standard InChI is InChI=1S/C10H9NOS2/c1-13-10-11-8-6-7(4-5-12)2-3-9(8)14-10/h2-3,5-6H,4H2,1H3. The molecule has 0 unspecified atom stereocenters. The van der Waals surface area contributed by atoms with Crippen LogP contribution in [0.3, 0.4) is 0 Å². The molecule has 1 heterocycles. The first kappa shape index (κ1) is 9.68. The molecule has 0 aliphatic heterocycles. The van der Waals surface area contributed by atoms with Crippen LogP contribution in [0.2, 0.25) is 0 Å². The van der Waals surface area contributed by atoms with E-state index in [4.69, 9.17) is 0 Å². The van der Waals surface area contributed by atoms with E-state index in [2.05, 4.69) is 4.98 Å². The number of thioether (sulfide) groups is 1. The van der Waals surface area contributed by atoms with Crippen molar-refractivity contribution in [2.24, 2.45) is 0 Å². The van der Waals surface area contributed by atoms with Crippen molar-refractivity contribution in [3.8, 4) is 0 Å². The molecular formula is C10H9NOS2. The van der Waals surface area contributed by atoms with Crippen LogP contribution in [0.15, 0.2) is 22.5 Å². The molecule has 2 rings (SSSR count). The summed E-state index contributed by atoms with van der Waals surface area (Å²) in [4.78, 5) is 14.8. The number of aromatic nitrogens is 1. The van der Waals surface area contributed by atoms with E-state index >= 15 is 0 Å². The number of hydrogen-bond acceptors (Lipinski definition) is 4. The van der Waals surface area contributed by atoms with Gasteiger partial charge >= 0.3 is 0 Å². The summed E-state index contributed by atoms with van der Waals surface area (Å²) in [5, 5.41) is 0. The normalized spacial score (nSPS) is 10.6. The van der Waals surface area contributed by atoms with Gasteiger partial charge in [-0.15, -0.1) is 11.3 Å². The molecule has 0 bridgehead atoms. The van der Waals surface area contributed by atoms with Crippen molar-refractivity contribution < 1.29 is 4.79 Å². The highest BCUT2D eigenvalue weighted by molar-refractivity contribution is 8.00. The molecule has 1 aromatic heterocycles. The number of fused-ring (bicyclic) bond motifs is 1. The van der Waals surface area contributed by atoms with Gasteiger partial charge in [-0.3, -0.25) is 0 Å². The molecule has 72 valence electrons. The second kappa shape index (κ2) is 4.11. The minimum atomic E-state index is 0.474. The topological polar surface area (TPSA) is 30.0 Å². The first-order valence-electron chi connectivity index (χ1n) is 4.20. The van der Waals surface area contributed by atoms with Crippen molar-refractivity contribution in [2.75, 3.05) is 6.26 Å². The highest BCUT2D eigenvalue weighted by Crippen LogP contribution is 2.28. The molecule has 0 radical (unpaired) electrons. The quantitative estimate of drug-likeness (QED) is 0.592. The first-order valence-corrected chi connectivity index (χ1v) is 6.24. The summed E-state index contributed by atoms with van der Waals surface area (Å²) in [5.41, 5.74) is 2.03. The lowest BCUT2D eigenvalue weighted by Crippen LogP contribution is -1.84. The Morgan fingerprint density at radius 3 is 3.14 bits per heavy atom. The molecule has 0 saturated heterocycles. The minimum Gasteiger partial charge on any atom is -0.303 e. The molecule has 14 heavy (non-hydrogen) atoms. The summed E-state index contributed by atoms with van der Waals surface area (Å²) in [6.07, 6.45) is 3.41. The monoisotopic (exact) mass is 223 g/mol. The maximum atomic E-state index is 10.3. The minimum absolute atomic E-state index is 0.474. The molecule has 0 atom stereocenters. The zero-order valence-electron chi connectivity index (χ0n) is 7.69. The van der Waals surface area contributed by atoms with Crippen molar-refractivity contribution in [1.29, 1.82) is 0 Å². The number of carbonyl (C=O) groups is 1. The Morgan fingerprint density at radius 2 is 2.43 bits per heavy atom. The van der Waals surface area contributed by atoms with E-state index in [1.54, 1.807) is 23.1 Å². The maximum Gasteiger partial charge on any atom is 0.150 e. The summed E-state index contributed by atoms with van der Waals surface area (Å²) >= 11 is 3.34. The van der Waals surface area contributed by atoms with Gasteiger partial charge in [-0.2, -0.15) is 0 Å². The highest BCUT2D eigenvalue weighted by Gasteiger charge is 2.03. The van der Waals surface area contributed by atoms with Crippen molar-refractivity contribution >= 4 is 39.6 Å². The second-order valence-electron chi connectivity index (χ2n) is 2.86. The average molecular weight is 223 g/mol. The van der Waals surface area contributed by atoms with Crippen LogP contribution in [-0.4, -0.2) is 17.5 Å². The van der Waals surface area contributed by atoms with Gasteiger partial charge in [0.15, 0.2) is 4.34 Å². The van der Waals surface area contributed by atoms with E-state index < -0.39 is 0 Å². The Labute approximate surface area is 90.4 Å². The maximum absolute atomic E-state index is 10.3. The van der Waals surface area contributed by atoms with E-state index in [-0.39, 0.29) is 0 Å². The smallest absolute Gasteiger partial charge is 0.150 e. The van der Waals surface area contributed by atoms with Crippen LogP contribution in [0.25, 0.3) is 10.2 Å². The molecule has 0 aliphatic rings. The molecular weight excluding hydrogens is 214 g/mol. The average Bonchev–Trinajstić information content (AvgIpc) is 2.60. The summed E-state index contributed by atoms with van der Waals surface area (Å²) in [6.45, 7) is 0. The Kier molecular flexibility index (Phi) is 2.84. The Bertz CT molecular complexity index is 464. The van der Waals surface area contributed by atoms with Crippen molar-refractivity contribution in [3.63, 3.8) is 0 Å². The van der Waals surface area contributed by atoms with Gasteiger partial charge in [-0.25, -0.2) is 4.98 Å². The molecule has 0 saturated carbocycles. The fraction of sp³-hybridized carbons (Fsp3) is 0.200. The van der Waals surface area contributed by atoms with E-state index in [1.165, 1.54) is 4.70 Å². The highest BCUT2D eigenvalue weighted by atomic mass is 32.2. The SMILES string of the molecule is CSc1nc2cc(CC=O)ccc2s1. The molecule has 0 N–H and O–H groups in total. The van der Waals surface area contributed by atoms with Gasteiger partial charge in [0.25, 0.3) is 0 Å². The van der Waals surface area contributed by atoms with Crippen LogP contribution in [0.5, 0.6) is 0 Å². The van der Waals surface area contributed by atoms with Crippen LogP contribution in [0.1, 0.15) is 5.56 Å². The lowest BCUT2D eigenvalue weighted by molar-refractivity contribution is -0.107. The van der Waals surface area contributed by atoms with Crippen LogP contribution in [-0.2, 0) is 11.2 Å². The van der Waals surface area contributed by atoms with Crippen molar-refractivity contribution in [1.82, 2.24) is 4.98 Å². The van der Waals surface area contributed by atoms with Crippen molar-refractivity contribution in [2.45, 2.75) is 10.8 Å². The van der Waals surface area contributed by atoms with Crippen molar-refractivity contribution in [3.05, 3.63) is 23.8 Å². The lowest BCUT2D eigenvalue weighted by Gasteiger charge is -1.92. The largest absolute Gasteiger partial charge is 0.303 e. The predicted molar refractivity (Wildman–Crippen MR) is 61.2 cm³/mol. The number of hydrogen-bond donors (Lipinski definition) is 0. The second-order valence-corrected chi connectivity index (χ2v) is 4.94. The third-order valence-corrected chi connectivity index (χ3v) is 3.95. The number of benzene rings is 1. The van der Waals surface area contributed by atoms with Crippen LogP contribution in [0.4, 0.5) is 0 Å². The Hall–Kier alpha value is -0.870. The zero-order chi connectivity index (χ0) is 9.97. The van der Waals surface area contributed by atoms with Crippen LogP contribution < -0.4 is 0 Å². The van der Waals surface area contributed by atoms with Gasteiger partial charge in [0.1, 0.15) is 6.29 Å². The van der Waals surface area contributed by atoms with E-state index in [0.29, 0.717) is 6.42 Å². The number of aldehydes is 1.